The summed E-state index contributed by atoms with van der Waals surface area (Å²) < 4.78 is 0. The van der Waals surface area contributed by atoms with Gasteiger partial charge in [-0.15, -0.1) is 0 Å². The van der Waals surface area contributed by atoms with Crippen LogP contribution in [-0.4, -0.2) is 53.9 Å². The number of hydrogen-bond donors (Lipinski definition) is 2. The second kappa shape index (κ2) is 11.2. The number of para-hydroxylation sites is 1. The van der Waals surface area contributed by atoms with Crippen molar-refractivity contribution in [2.75, 3.05) is 32.5 Å². The summed E-state index contributed by atoms with van der Waals surface area (Å²) >= 11 is 0. The minimum atomic E-state index is -0.302. The summed E-state index contributed by atoms with van der Waals surface area (Å²) in [5.41, 5.74) is 3.61. The molecule has 2 heterocycles. The van der Waals surface area contributed by atoms with Crippen LogP contribution in [0, 0.1) is 6.92 Å². The van der Waals surface area contributed by atoms with Crippen molar-refractivity contribution < 1.29 is 13.9 Å². The summed E-state index contributed by atoms with van der Waals surface area (Å²) in [7, 11) is 3.75. The number of benzene rings is 2. The van der Waals surface area contributed by atoms with Gasteiger partial charge in [0, 0.05) is 34.2 Å². The Bertz CT molecular complexity index is 1060. The maximum Gasteiger partial charge on any atom is 0.276 e. The van der Waals surface area contributed by atoms with E-state index in [9.17, 15) is 9.59 Å². The van der Waals surface area contributed by atoms with Gasteiger partial charge < -0.3 is 15.5 Å². The SMILES string of the molecule is CNC.Cc1ncc(-c2ccc(C(=O)N3CCCC3)cc2)nc1C(=O)Nc1ccccc1.[HH].[HH].[HH]. The van der Waals surface area contributed by atoms with Crippen LogP contribution in [-0.2, 0) is 0 Å². The summed E-state index contributed by atoms with van der Waals surface area (Å²) in [4.78, 5) is 35.9. The molecule has 0 spiro atoms. The Labute approximate surface area is 193 Å². The zero-order chi connectivity index (χ0) is 22.9. The lowest BCUT2D eigenvalue weighted by Crippen LogP contribution is -2.27. The lowest BCUT2D eigenvalue weighted by atomic mass is 10.1. The Morgan fingerprint density at radius 2 is 1.59 bits per heavy atom. The number of aromatic nitrogens is 2. The highest BCUT2D eigenvalue weighted by Gasteiger charge is 2.19. The van der Waals surface area contributed by atoms with Crippen molar-refractivity contribution >= 4 is 17.5 Å². The number of carbonyl (C=O) groups is 2. The van der Waals surface area contributed by atoms with Crippen molar-refractivity contribution in [1.82, 2.24) is 20.2 Å². The van der Waals surface area contributed by atoms with Crippen molar-refractivity contribution in [1.29, 1.82) is 0 Å². The standard InChI is InChI=1S/C23H22N4O2.C2H7N.3H2/c1-16-21(22(28)25-19-7-3-2-4-8-19)26-20(15-24-16)17-9-11-18(12-10-17)23(29)27-13-5-6-14-27;1-3-2;;;/h2-4,7-12,15H,5-6,13-14H2,1H3,(H,25,28);3H,1-2H3;3*1H. The number of rotatable bonds is 4. The van der Waals surface area contributed by atoms with E-state index in [2.05, 4.69) is 20.6 Å². The molecule has 1 aliphatic heterocycles. The Hall–Kier alpha value is -3.58. The maximum atomic E-state index is 12.6. The molecule has 1 saturated heterocycles. The molecule has 7 nitrogen and oxygen atoms in total. The van der Waals surface area contributed by atoms with Gasteiger partial charge >= 0.3 is 0 Å². The third kappa shape index (κ3) is 5.76. The summed E-state index contributed by atoms with van der Waals surface area (Å²) in [5, 5.41) is 5.59. The van der Waals surface area contributed by atoms with E-state index in [1.165, 1.54) is 0 Å². The fourth-order valence-corrected chi connectivity index (χ4v) is 3.40. The lowest BCUT2D eigenvalue weighted by molar-refractivity contribution is 0.0792. The number of hydrogen-bond acceptors (Lipinski definition) is 5. The molecule has 3 aromatic rings. The smallest absolute Gasteiger partial charge is 0.276 e. The van der Waals surface area contributed by atoms with Crippen LogP contribution < -0.4 is 10.6 Å². The molecule has 0 atom stereocenters. The number of anilines is 1. The summed E-state index contributed by atoms with van der Waals surface area (Å²) in [6.45, 7) is 3.41. The van der Waals surface area contributed by atoms with E-state index in [0.29, 0.717) is 22.6 Å². The number of amides is 2. The van der Waals surface area contributed by atoms with Crippen LogP contribution in [0.2, 0.25) is 0 Å². The molecular weight excluding hydrogens is 402 g/mol. The molecule has 1 fully saturated rings. The van der Waals surface area contributed by atoms with Crippen LogP contribution in [0.25, 0.3) is 11.3 Å². The van der Waals surface area contributed by atoms with Gasteiger partial charge in [-0.2, -0.15) is 0 Å². The Balaban J connectivity index is 0.00000183. The molecule has 2 N–H and O–H groups in total. The molecule has 1 aromatic heterocycles. The monoisotopic (exact) mass is 437 g/mol. The van der Waals surface area contributed by atoms with E-state index in [1.807, 2.05) is 61.5 Å². The zero-order valence-corrected chi connectivity index (χ0v) is 18.8. The van der Waals surface area contributed by atoms with Crippen LogP contribution in [0.1, 0.15) is 43.7 Å². The van der Waals surface area contributed by atoms with E-state index < -0.39 is 0 Å². The predicted octanol–water partition coefficient (Wildman–Crippen LogP) is 4.51. The van der Waals surface area contributed by atoms with Crippen molar-refractivity contribution in [2.24, 2.45) is 0 Å². The van der Waals surface area contributed by atoms with E-state index in [4.69, 9.17) is 0 Å². The van der Waals surface area contributed by atoms with Gasteiger partial charge in [0.1, 0.15) is 5.69 Å². The number of carbonyl (C=O) groups excluding carboxylic acids is 2. The van der Waals surface area contributed by atoms with Gasteiger partial charge in [0.25, 0.3) is 11.8 Å². The first-order chi connectivity index (χ1) is 15.5. The molecular formula is C25H35N5O2. The highest BCUT2D eigenvalue weighted by atomic mass is 16.2. The van der Waals surface area contributed by atoms with Crippen LogP contribution in [0.3, 0.4) is 0 Å². The summed E-state index contributed by atoms with van der Waals surface area (Å²) in [6, 6.07) is 16.6. The summed E-state index contributed by atoms with van der Waals surface area (Å²) in [5.74, 6) is -0.240. The Kier molecular flexibility index (Phi) is 8.05. The van der Waals surface area contributed by atoms with E-state index in [0.717, 1.165) is 31.5 Å². The first-order valence-corrected chi connectivity index (χ1v) is 10.7. The second-order valence-electron chi connectivity index (χ2n) is 7.59. The largest absolute Gasteiger partial charge is 0.339 e. The van der Waals surface area contributed by atoms with Crippen LogP contribution in [0.15, 0.2) is 60.8 Å². The van der Waals surface area contributed by atoms with E-state index in [1.54, 1.807) is 25.3 Å². The number of likely N-dealkylation sites (tertiary alicyclic amines) is 1. The molecule has 32 heavy (non-hydrogen) atoms. The Morgan fingerprint density at radius 3 is 2.22 bits per heavy atom. The predicted molar refractivity (Wildman–Crippen MR) is 133 cm³/mol. The molecule has 1 aliphatic rings. The zero-order valence-electron chi connectivity index (χ0n) is 18.8. The summed E-state index contributed by atoms with van der Waals surface area (Å²) in [6.07, 6.45) is 3.78. The average Bonchev–Trinajstić information content (AvgIpc) is 3.35. The maximum absolute atomic E-state index is 12.6. The van der Waals surface area contributed by atoms with Gasteiger partial charge in [0.05, 0.1) is 17.6 Å². The minimum Gasteiger partial charge on any atom is -0.339 e. The van der Waals surface area contributed by atoms with E-state index >= 15 is 0 Å². The molecule has 0 unspecified atom stereocenters. The van der Waals surface area contributed by atoms with Gasteiger partial charge in [-0.05, 0) is 58.1 Å². The normalized spacial score (nSPS) is 12.7. The first kappa shape index (κ1) is 23.1. The van der Waals surface area contributed by atoms with Gasteiger partial charge in [-0.1, -0.05) is 30.3 Å². The van der Waals surface area contributed by atoms with Crippen molar-refractivity contribution in [3.63, 3.8) is 0 Å². The van der Waals surface area contributed by atoms with Crippen LogP contribution in [0.5, 0.6) is 0 Å². The van der Waals surface area contributed by atoms with Crippen molar-refractivity contribution in [3.05, 3.63) is 77.7 Å². The Morgan fingerprint density at radius 1 is 0.969 bits per heavy atom. The number of nitrogens with zero attached hydrogens (tertiary/aromatic N) is 3. The third-order valence-corrected chi connectivity index (χ3v) is 5.02. The highest BCUT2D eigenvalue weighted by Crippen LogP contribution is 2.20. The minimum absolute atomic E-state index is 0. The number of nitrogens with one attached hydrogen (secondary N) is 2. The van der Waals surface area contributed by atoms with Crippen molar-refractivity contribution in [3.8, 4) is 11.3 Å². The quantitative estimate of drug-likeness (QED) is 0.627. The first-order valence-electron chi connectivity index (χ1n) is 10.7. The molecule has 0 aliphatic carbocycles. The fraction of sp³-hybridized carbons (Fsp3) is 0.280. The number of aryl methyl sites for hydroxylation is 1. The van der Waals surface area contributed by atoms with Gasteiger partial charge in [0.15, 0.2) is 0 Å². The molecule has 172 valence electrons. The molecule has 0 bridgehead atoms. The van der Waals surface area contributed by atoms with Crippen LogP contribution >= 0.6 is 0 Å². The highest BCUT2D eigenvalue weighted by molar-refractivity contribution is 6.03. The molecule has 2 amide bonds. The molecule has 0 radical (unpaired) electrons. The van der Waals surface area contributed by atoms with Gasteiger partial charge in [-0.3, -0.25) is 14.6 Å². The molecule has 4 rings (SSSR count). The van der Waals surface area contributed by atoms with Crippen molar-refractivity contribution in [2.45, 2.75) is 19.8 Å². The second-order valence-corrected chi connectivity index (χ2v) is 7.59. The van der Waals surface area contributed by atoms with Crippen LogP contribution in [0.4, 0.5) is 5.69 Å². The fourth-order valence-electron chi connectivity index (χ4n) is 3.40. The average molecular weight is 438 g/mol. The van der Waals surface area contributed by atoms with Gasteiger partial charge in [0.2, 0.25) is 0 Å². The molecule has 7 heteroatoms. The van der Waals surface area contributed by atoms with E-state index in [-0.39, 0.29) is 21.8 Å². The third-order valence-electron chi connectivity index (χ3n) is 5.02. The lowest BCUT2D eigenvalue weighted by Gasteiger charge is -2.15. The molecule has 2 aromatic carbocycles. The topological polar surface area (TPSA) is 87.2 Å². The van der Waals surface area contributed by atoms with Gasteiger partial charge in [-0.25, -0.2) is 4.98 Å². The molecule has 0 saturated carbocycles.